The summed E-state index contributed by atoms with van der Waals surface area (Å²) in [6.07, 6.45) is 1.49. The van der Waals surface area contributed by atoms with Gasteiger partial charge in [0.25, 0.3) is 0 Å². The summed E-state index contributed by atoms with van der Waals surface area (Å²) in [6.45, 7) is 8.42. The van der Waals surface area contributed by atoms with Crippen LogP contribution in [0, 0.1) is 0 Å². The summed E-state index contributed by atoms with van der Waals surface area (Å²) >= 11 is 0. The smallest absolute Gasteiger partial charge is 0.226 e. The highest BCUT2D eigenvalue weighted by atomic mass is 16.1. The SMILES string of the molecule is CCC/N=C(\NC(=O)CC)N1CCNCC1. The van der Waals surface area contributed by atoms with E-state index in [2.05, 4.69) is 27.4 Å². The molecule has 1 heterocycles. The Bertz CT molecular complexity index is 246. The van der Waals surface area contributed by atoms with Gasteiger partial charge in [0.1, 0.15) is 0 Å². The van der Waals surface area contributed by atoms with Crippen molar-refractivity contribution in [2.75, 3.05) is 32.7 Å². The minimum atomic E-state index is 0.0355. The highest BCUT2D eigenvalue weighted by Crippen LogP contribution is 1.95. The van der Waals surface area contributed by atoms with Crippen molar-refractivity contribution in [1.82, 2.24) is 15.5 Å². The van der Waals surface area contributed by atoms with Gasteiger partial charge in [0.05, 0.1) is 0 Å². The van der Waals surface area contributed by atoms with E-state index in [9.17, 15) is 4.79 Å². The molecule has 1 fully saturated rings. The molecule has 92 valence electrons. The van der Waals surface area contributed by atoms with Gasteiger partial charge in [-0.05, 0) is 6.42 Å². The molecule has 1 saturated heterocycles. The molecule has 5 heteroatoms. The molecular weight excluding hydrogens is 204 g/mol. The van der Waals surface area contributed by atoms with Crippen molar-refractivity contribution in [1.29, 1.82) is 0 Å². The fourth-order valence-electron chi connectivity index (χ4n) is 1.53. The maximum atomic E-state index is 11.4. The number of carbonyl (C=O) groups is 1. The molecule has 0 radical (unpaired) electrons. The summed E-state index contributed by atoms with van der Waals surface area (Å²) < 4.78 is 0. The number of piperazine rings is 1. The van der Waals surface area contributed by atoms with E-state index in [0.717, 1.165) is 45.1 Å². The number of nitrogens with zero attached hydrogens (tertiary/aromatic N) is 2. The zero-order chi connectivity index (χ0) is 11.8. The summed E-state index contributed by atoms with van der Waals surface area (Å²) in [5.74, 6) is 0.781. The number of aliphatic imine (C=N–C) groups is 1. The minimum Gasteiger partial charge on any atom is -0.340 e. The Labute approximate surface area is 97.3 Å². The van der Waals surface area contributed by atoms with Crippen LogP contribution >= 0.6 is 0 Å². The lowest BCUT2D eigenvalue weighted by molar-refractivity contribution is -0.119. The zero-order valence-corrected chi connectivity index (χ0v) is 10.3. The van der Waals surface area contributed by atoms with Crippen molar-refractivity contribution in [2.24, 2.45) is 4.99 Å². The minimum absolute atomic E-state index is 0.0355. The molecule has 1 aliphatic rings. The second-order valence-corrected chi connectivity index (χ2v) is 3.84. The molecule has 0 atom stereocenters. The average Bonchev–Trinajstić information content (AvgIpc) is 2.35. The summed E-state index contributed by atoms with van der Waals surface area (Å²) in [5, 5.41) is 6.16. The highest BCUT2D eigenvalue weighted by Gasteiger charge is 2.15. The quantitative estimate of drug-likeness (QED) is 0.533. The van der Waals surface area contributed by atoms with Crippen LogP contribution in [0.25, 0.3) is 0 Å². The lowest BCUT2D eigenvalue weighted by Gasteiger charge is -2.30. The molecule has 16 heavy (non-hydrogen) atoms. The molecule has 1 amide bonds. The zero-order valence-electron chi connectivity index (χ0n) is 10.3. The van der Waals surface area contributed by atoms with E-state index in [-0.39, 0.29) is 5.91 Å². The normalized spacial score (nSPS) is 17.4. The first kappa shape index (κ1) is 13.0. The van der Waals surface area contributed by atoms with E-state index >= 15 is 0 Å². The van der Waals surface area contributed by atoms with Crippen LogP contribution in [0.3, 0.4) is 0 Å². The van der Waals surface area contributed by atoms with Gasteiger partial charge in [0.15, 0.2) is 0 Å². The van der Waals surface area contributed by atoms with E-state index in [1.165, 1.54) is 0 Å². The predicted molar refractivity (Wildman–Crippen MR) is 65.5 cm³/mol. The topological polar surface area (TPSA) is 56.7 Å². The number of amides is 1. The molecule has 0 unspecified atom stereocenters. The van der Waals surface area contributed by atoms with Crippen LogP contribution in [0.15, 0.2) is 4.99 Å². The van der Waals surface area contributed by atoms with Gasteiger partial charge in [-0.15, -0.1) is 0 Å². The molecule has 0 saturated carbocycles. The highest BCUT2D eigenvalue weighted by molar-refractivity contribution is 5.96. The van der Waals surface area contributed by atoms with Crippen LogP contribution in [-0.4, -0.2) is 49.5 Å². The largest absolute Gasteiger partial charge is 0.340 e. The lowest BCUT2D eigenvalue weighted by atomic mass is 10.4. The molecule has 1 aliphatic heterocycles. The third kappa shape index (κ3) is 4.18. The van der Waals surface area contributed by atoms with Crippen molar-refractivity contribution in [2.45, 2.75) is 26.7 Å². The van der Waals surface area contributed by atoms with Gasteiger partial charge in [-0.3, -0.25) is 15.1 Å². The third-order valence-corrected chi connectivity index (χ3v) is 2.47. The van der Waals surface area contributed by atoms with Crippen molar-refractivity contribution < 1.29 is 4.79 Å². The van der Waals surface area contributed by atoms with Crippen molar-refractivity contribution in [3.63, 3.8) is 0 Å². The maximum absolute atomic E-state index is 11.4. The van der Waals surface area contributed by atoms with Crippen molar-refractivity contribution >= 4 is 11.9 Å². The Hall–Kier alpha value is -1.10. The lowest BCUT2D eigenvalue weighted by Crippen LogP contribution is -2.52. The Morgan fingerprint density at radius 3 is 2.62 bits per heavy atom. The van der Waals surface area contributed by atoms with Crippen LogP contribution in [0.1, 0.15) is 26.7 Å². The number of nitrogens with one attached hydrogen (secondary N) is 2. The fraction of sp³-hybridized carbons (Fsp3) is 0.818. The van der Waals surface area contributed by atoms with Crippen LogP contribution in [0.5, 0.6) is 0 Å². The molecule has 2 N–H and O–H groups in total. The standard InChI is InChI=1S/C11H22N4O/c1-3-5-13-11(14-10(16)4-2)15-8-6-12-7-9-15/h12H,3-9H2,1-2H3,(H,13,14,16). The van der Waals surface area contributed by atoms with Crippen molar-refractivity contribution in [3.8, 4) is 0 Å². The Morgan fingerprint density at radius 2 is 2.06 bits per heavy atom. The summed E-state index contributed by atoms with van der Waals surface area (Å²) in [7, 11) is 0. The molecule has 0 spiro atoms. The van der Waals surface area contributed by atoms with Crippen LogP contribution in [0.4, 0.5) is 0 Å². The predicted octanol–water partition coefficient (Wildman–Crippen LogP) is 0.184. The van der Waals surface area contributed by atoms with Gasteiger partial charge >= 0.3 is 0 Å². The van der Waals surface area contributed by atoms with E-state index in [4.69, 9.17) is 0 Å². The molecular formula is C11H22N4O. The average molecular weight is 226 g/mol. The Balaban J connectivity index is 2.57. The molecule has 1 rings (SSSR count). The number of guanidine groups is 1. The first-order valence-electron chi connectivity index (χ1n) is 6.07. The maximum Gasteiger partial charge on any atom is 0.226 e. The molecule has 0 bridgehead atoms. The number of hydrogen-bond acceptors (Lipinski definition) is 3. The number of rotatable bonds is 3. The van der Waals surface area contributed by atoms with Gasteiger partial charge in [-0.2, -0.15) is 0 Å². The van der Waals surface area contributed by atoms with E-state index in [1.807, 2.05) is 6.92 Å². The first-order valence-corrected chi connectivity index (χ1v) is 6.07. The van der Waals surface area contributed by atoms with Crippen LogP contribution in [-0.2, 0) is 4.79 Å². The molecule has 0 aromatic heterocycles. The monoisotopic (exact) mass is 226 g/mol. The Kier molecular flexibility index (Phi) is 5.85. The summed E-state index contributed by atoms with van der Waals surface area (Å²) in [6, 6.07) is 0. The van der Waals surface area contributed by atoms with E-state index in [1.54, 1.807) is 0 Å². The molecule has 0 aliphatic carbocycles. The van der Waals surface area contributed by atoms with Gasteiger partial charge in [-0.25, -0.2) is 0 Å². The van der Waals surface area contributed by atoms with Gasteiger partial charge in [-0.1, -0.05) is 13.8 Å². The number of carbonyl (C=O) groups excluding carboxylic acids is 1. The van der Waals surface area contributed by atoms with Crippen molar-refractivity contribution in [3.05, 3.63) is 0 Å². The van der Waals surface area contributed by atoms with Crippen LogP contribution < -0.4 is 10.6 Å². The second kappa shape index (κ2) is 7.22. The van der Waals surface area contributed by atoms with Gasteiger partial charge in [0.2, 0.25) is 11.9 Å². The third-order valence-electron chi connectivity index (χ3n) is 2.47. The van der Waals surface area contributed by atoms with E-state index < -0.39 is 0 Å². The first-order chi connectivity index (χ1) is 7.77. The molecule has 5 nitrogen and oxygen atoms in total. The van der Waals surface area contributed by atoms with Gasteiger partial charge < -0.3 is 10.2 Å². The number of hydrogen-bond donors (Lipinski definition) is 2. The van der Waals surface area contributed by atoms with E-state index in [0.29, 0.717) is 6.42 Å². The molecule has 0 aromatic rings. The molecule has 0 aromatic carbocycles. The Morgan fingerprint density at radius 1 is 1.38 bits per heavy atom. The van der Waals surface area contributed by atoms with Crippen LogP contribution in [0.2, 0.25) is 0 Å². The van der Waals surface area contributed by atoms with Gasteiger partial charge in [0, 0.05) is 39.1 Å². The fourth-order valence-corrected chi connectivity index (χ4v) is 1.53. The summed E-state index contributed by atoms with van der Waals surface area (Å²) in [5.41, 5.74) is 0. The summed E-state index contributed by atoms with van der Waals surface area (Å²) in [4.78, 5) is 18.0. The second-order valence-electron chi connectivity index (χ2n) is 3.84.